The monoisotopic (exact) mass is 358 g/mol. The van der Waals surface area contributed by atoms with Gasteiger partial charge in [0.1, 0.15) is 5.75 Å². The molecule has 130 valence electrons. The van der Waals surface area contributed by atoms with E-state index in [1.807, 2.05) is 19.1 Å². The Labute approximate surface area is 151 Å². The minimum atomic E-state index is -0.329. The molecule has 0 aliphatic heterocycles. The zero-order chi connectivity index (χ0) is 18.0. The average molecular weight is 359 g/mol. The van der Waals surface area contributed by atoms with Crippen LogP contribution in [0.5, 0.6) is 5.75 Å². The van der Waals surface area contributed by atoms with Crippen LogP contribution in [-0.2, 0) is 9.59 Å². The fourth-order valence-electron chi connectivity index (χ4n) is 2.72. The standard InChI is InChI=1S/C19H19ClN2O3/c1-11-14(20)6-5-8-15(11)21-18(23)12-10-13(12)19(24)22-16-7-3-4-9-17(16)25-2/h3-9,12-13H,10H2,1-2H3,(H,21,23)(H,22,24). The summed E-state index contributed by atoms with van der Waals surface area (Å²) in [4.78, 5) is 24.7. The number of anilines is 2. The Morgan fingerprint density at radius 1 is 1.00 bits per heavy atom. The minimum Gasteiger partial charge on any atom is -0.495 e. The van der Waals surface area contributed by atoms with Crippen LogP contribution in [0.25, 0.3) is 0 Å². The zero-order valence-corrected chi connectivity index (χ0v) is 14.8. The van der Waals surface area contributed by atoms with Gasteiger partial charge >= 0.3 is 0 Å². The predicted octanol–water partition coefficient (Wildman–Crippen LogP) is 3.87. The van der Waals surface area contributed by atoms with Crippen LogP contribution in [0.15, 0.2) is 42.5 Å². The molecule has 2 aromatic carbocycles. The Hall–Kier alpha value is -2.53. The van der Waals surface area contributed by atoms with Crippen LogP contribution in [0.4, 0.5) is 11.4 Å². The summed E-state index contributed by atoms with van der Waals surface area (Å²) in [5, 5.41) is 6.28. The molecule has 0 aromatic heterocycles. The van der Waals surface area contributed by atoms with E-state index in [0.717, 1.165) is 5.56 Å². The van der Waals surface area contributed by atoms with E-state index in [2.05, 4.69) is 10.6 Å². The second-order valence-corrected chi connectivity index (χ2v) is 6.45. The van der Waals surface area contributed by atoms with Gasteiger partial charge < -0.3 is 15.4 Å². The summed E-state index contributed by atoms with van der Waals surface area (Å²) in [5.41, 5.74) is 2.09. The molecule has 2 amide bonds. The van der Waals surface area contributed by atoms with Crippen molar-refractivity contribution in [1.82, 2.24) is 0 Å². The van der Waals surface area contributed by atoms with Gasteiger partial charge in [0.05, 0.1) is 24.6 Å². The molecule has 2 atom stereocenters. The van der Waals surface area contributed by atoms with Crippen LogP contribution in [0, 0.1) is 18.8 Å². The molecular weight excluding hydrogens is 340 g/mol. The van der Waals surface area contributed by atoms with Gasteiger partial charge in [-0.1, -0.05) is 29.8 Å². The maximum absolute atomic E-state index is 12.4. The molecule has 6 heteroatoms. The highest BCUT2D eigenvalue weighted by Gasteiger charge is 2.48. The summed E-state index contributed by atoms with van der Waals surface area (Å²) in [7, 11) is 1.55. The Kier molecular flexibility index (Phi) is 4.95. The van der Waals surface area contributed by atoms with Crippen LogP contribution in [0.2, 0.25) is 5.02 Å². The Balaban J connectivity index is 1.61. The third-order valence-electron chi connectivity index (χ3n) is 4.35. The molecule has 0 bridgehead atoms. The van der Waals surface area contributed by atoms with Gasteiger partial charge in [-0.3, -0.25) is 9.59 Å². The number of carbonyl (C=O) groups is 2. The summed E-state index contributed by atoms with van der Waals surface area (Å²) in [6, 6.07) is 12.5. The van der Waals surface area contributed by atoms with Gasteiger partial charge in [0.2, 0.25) is 11.8 Å². The van der Waals surface area contributed by atoms with Gasteiger partial charge in [0.25, 0.3) is 0 Å². The molecule has 1 aliphatic carbocycles. The Bertz CT molecular complexity index is 822. The molecule has 3 rings (SSSR count). The highest BCUT2D eigenvalue weighted by atomic mass is 35.5. The normalized spacial score (nSPS) is 18.4. The highest BCUT2D eigenvalue weighted by Crippen LogP contribution is 2.41. The topological polar surface area (TPSA) is 67.4 Å². The van der Waals surface area contributed by atoms with Crippen molar-refractivity contribution in [1.29, 1.82) is 0 Å². The first kappa shape index (κ1) is 17.3. The molecule has 2 aromatic rings. The van der Waals surface area contributed by atoms with Crippen LogP contribution in [-0.4, -0.2) is 18.9 Å². The van der Waals surface area contributed by atoms with E-state index in [1.165, 1.54) is 0 Å². The molecule has 2 N–H and O–H groups in total. The second kappa shape index (κ2) is 7.15. The number of rotatable bonds is 5. The third kappa shape index (κ3) is 3.77. The van der Waals surface area contributed by atoms with E-state index in [9.17, 15) is 9.59 Å². The number of halogens is 1. The van der Waals surface area contributed by atoms with E-state index in [4.69, 9.17) is 16.3 Å². The van der Waals surface area contributed by atoms with Crippen molar-refractivity contribution in [2.45, 2.75) is 13.3 Å². The van der Waals surface area contributed by atoms with E-state index >= 15 is 0 Å². The molecule has 0 spiro atoms. The third-order valence-corrected chi connectivity index (χ3v) is 4.76. The number of para-hydroxylation sites is 2. The largest absolute Gasteiger partial charge is 0.495 e. The summed E-state index contributed by atoms with van der Waals surface area (Å²) in [6.07, 6.45) is 0.534. The minimum absolute atomic E-state index is 0.162. The van der Waals surface area contributed by atoms with Crippen molar-refractivity contribution in [3.63, 3.8) is 0 Å². The first-order valence-electron chi connectivity index (χ1n) is 8.01. The molecule has 1 aliphatic rings. The van der Waals surface area contributed by atoms with E-state index in [1.54, 1.807) is 37.4 Å². The molecule has 1 fully saturated rings. The molecule has 0 saturated heterocycles. The van der Waals surface area contributed by atoms with Gasteiger partial charge in [-0.25, -0.2) is 0 Å². The molecule has 5 nitrogen and oxygen atoms in total. The average Bonchev–Trinajstić information content (AvgIpc) is 3.40. The summed E-state index contributed by atoms with van der Waals surface area (Å²) in [6.45, 7) is 1.84. The maximum Gasteiger partial charge on any atom is 0.228 e. The molecule has 0 heterocycles. The van der Waals surface area contributed by atoms with Gasteiger partial charge in [-0.05, 0) is 43.2 Å². The molecular formula is C19H19ClN2O3. The number of benzene rings is 2. The van der Waals surface area contributed by atoms with Gasteiger partial charge in [-0.15, -0.1) is 0 Å². The van der Waals surface area contributed by atoms with Crippen LogP contribution in [0.3, 0.4) is 0 Å². The molecule has 0 radical (unpaired) electrons. The smallest absolute Gasteiger partial charge is 0.228 e. The number of carbonyl (C=O) groups excluding carboxylic acids is 2. The number of hydrogen-bond donors (Lipinski definition) is 2. The fourth-order valence-corrected chi connectivity index (χ4v) is 2.89. The van der Waals surface area contributed by atoms with Crippen molar-refractivity contribution in [2.75, 3.05) is 17.7 Å². The number of ether oxygens (including phenoxy) is 1. The number of methoxy groups -OCH3 is 1. The lowest BCUT2D eigenvalue weighted by atomic mass is 10.2. The summed E-state index contributed by atoms with van der Waals surface area (Å²) < 4.78 is 5.22. The lowest BCUT2D eigenvalue weighted by Gasteiger charge is -2.10. The second-order valence-electron chi connectivity index (χ2n) is 6.04. The molecule has 1 saturated carbocycles. The summed E-state index contributed by atoms with van der Waals surface area (Å²) in [5.74, 6) is -0.400. The van der Waals surface area contributed by atoms with Crippen molar-refractivity contribution >= 4 is 34.8 Å². The lowest BCUT2D eigenvalue weighted by molar-refractivity contribution is -0.122. The lowest BCUT2D eigenvalue weighted by Crippen LogP contribution is -2.21. The van der Waals surface area contributed by atoms with E-state index in [-0.39, 0.29) is 23.7 Å². The summed E-state index contributed by atoms with van der Waals surface area (Å²) >= 11 is 6.06. The van der Waals surface area contributed by atoms with Crippen LogP contribution < -0.4 is 15.4 Å². The SMILES string of the molecule is COc1ccccc1NC(=O)C1CC1C(=O)Nc1cccc(Cl)c1C. The van der Waals surface area contributed by atoms with Crippen molar-refractivity contribution in [3.8, 4) is 5.75 Å². The Morgan fingerprint density at radius 2 is 1.60 bits per heavy atom. The quantitative estimate of drug-likeness (QED) is 0.852. The predicted molar refractivity (Wildman–Crippen MR) is 98.0 cm³/mol. The Morgan fingerprint density at radius 3 is 2.28 bits per heavy atom. The van der Waals surface area contributed by atoms with Crippen molar-refractivity contribution < 1.29 is 14.3 Å². The first-order chi connectivity index (χ1) is 12.0. The highest BCUT2D eigenvalue weighted by molar-refractivity contribution is 6.31. The van der Waals surface area contributed by atoms with Crippen LogP contribution >= 0.6 is 11.6 Å². The maximum atomic E-state index is 12.4. The molecule has 2 unspecified atom stereocenters. The van der Waals surface area contributed by atoms with E-state index < -0.39 is 0 Å². The fraction of sp³-hybridized carbons (Fsp3) is 0.263. The molecule has 25 heavy (non-hydrogen) atoms. The first-order valence-corrected chi connectivity index (χ1v) is 8.39. The van der Waals surface area contributed by atoms with E-state index in [0.29, 0.717) is 28.6 Å². The van der Waals surface area contributed by atoms with Gasteiger partial charge in [0, 0.05) is 10.7 Å². The van der Waals surface area contributed by atoms with Gasteiger partial charge in [-0.2, -0.15) is 0 Å². The van der Waals surface area contributed by atoms with Crippen LogP contribution in [0.1, 0.15) is 12.0 Å². The van der Waals surface area contributed by atoms with Crippen molar-refractivity contribution in [2.24, 2.45) is 11.8 Å². The number of hydrogen-bond acceptors (Lipinski definition) is 3. The number of nitrogens with one attached hydrogen (secondary N) is 2. The number of amides is 2. The van der Waals surface area contributed by atoms with Crippen molar-refractivity contribution in [3.05, 3.63) is 53.1 Å². The van der Waals surface area contributed by atoms with Gasteiger partial charge in [0.15, 0.2) is 0 Å². The zero-order valence-electron chi connectivity index (χ0n) is 14.0.